The third-order valence-electron chi connectivity index (χ3n) is 12.3. The van der Waals surface area contributed by atoms with Gasteiger partial charge in [0.1, 0.15) is 0 Å². The van der Waals surface area contributed by atoms with Gasteiger partial charge in [0.25, 0.3) is 0 Å². The Kier molecular flexibility index (Phi) is 32.9. The predicted molar refractivity (Wildman–Crippen MR) is 234 cm³/mol. The van der Waals surface area contributed by atoms with E-state index in [1.54, 1.807) is 0 Å². The Bertz CT molecular complexity index is 825. The van der Waals surface area contributed by atoms with Crippen LogP contribution in [-0.4, -0.2) is 62.9 Å². The molecule has 2 atom stereocenters. The summed E-state index contributed by atoms with van der Waals surface area (Å²) in [5, 5.41) is 0. The standard InChI is InChI=1S/C49H95NO5/c1-41(2)30-32-46(43(5)6)39-54-48(51)28-21-17-13-9-11-15-19-26-45(38-53-37-25-36-50-34-23-24-35-50)27-20-16-12-10-14-18-22-29-49(52)55-40-47(44(7)8)33-31-42(3)4/h41-47H,9-40H2,1-8H3. The molecule has 1 saturated heterocycles. The third kappa shape index (κ3) is 31.5. The molecular weight excluding hydrogens is 683 g/mol. The molecule has 2 unspecified atom stereocenters. The summed E-state index contributed by atoms with van der Waals surface area (Å²) in [5.41, 5.74) is 0. The summed E-state index contributed by atoms with van der Waals surface area (Å²) in [7, 11) is 0. The smallest absolute Gasteiger partial charge is 0.305 e. The molecule has 0 aromatic heterocycles. The Hall–Kier alpha value is -1.14. The van der Waals surface area contributed by atoms with Crippen LogP contribution in [0.4, 0.5) is 0 Å². The fourth-order valence-electron chi connectivity index (χ4n) is 7.99. The number of ether oxygens (including phenoxy) is 3. The van der Waals surface area contributed by atoms with Crippen LogP contribution in [0.2, 0.25) is 0 Å². The van der Waals surface area contributed by atoms with Gasteiger partial charge < -0.3 is 19.1 Å². The van der Waals surface area contributed by atoms with Crippen molar-refractivity contribution in [2.24, 2.45) is 41.4 Å². The number of likely N-dealkylation sites (tertiary alicyclic amines) is 1. The van der Waals surface area contributed by atoms with Gasteiger partial charge in [0.15, 0.2) is 0 Å². The maximum atomic E-state index is 12.3. The van der Waals surface area contributed by atoms with Crippen LogP contribution in [0.1, 0.15) is 216 Å². The minimum Gasteiger partial charge on any atom is -0.465 e. The van der Waals surface area contributed by atoms with E-state index < -0.39 is 0 Å². The fraction of sp³-hybridized carbons (Fsp3) is 0.959. The molecule has 0 bridgehead atoms. The summed E-state index contributed by atoms with van der Waals surface area (Å²) in [6.07, 6.45) is 29.3. The van der Waals surface area contributed by atoms with Gasteiger partial charge >= 0.3 is 11.9 Å². The Labute approximate surface area is 343 Å². The minimum absolute atomic E-state index is 0.00331. The number of unbranched alkanes of at least 4 members (excludes halogenated alkanes) is 12. The maximum absolute atomic E-state index is 12.3. The molecule has 0 spiro atoms. The van der Waals surface area contributed by atoms with Crippen molar-refractivity contribution in [3.63, 3.8) is 0 Å². The van der Waals surface area contributed by atoms with E-state index in [2.05, 4.69) is 60.3 Å². The summed E-state index contributed by atoms with van der Waals surface area (Å²) in [4.78, 5) is 27.3. The molecule has 326 valence electrons. The van der Waals surface area contributed by atoms with Crippen LogP contribution in [0.15, 0.2) is 0 Å². The van der Waals surface area contributed by atoms with Crippen LogP contribution in [0, 0.1) is 41.4 Å². The SMILES string of the molecule is CC(C)CCC(COC(=O)CCCCCCCCCC(CCCCCCCCCC(=O)OCC(CCC(C)C)C(C)C)COCCCN1CCCC1)C(C)C. The molecule has 0 aromatic rings. The summed E-state index contributed by atoms with van der Waals surface area (Å²) < 4.78 is 17.6. The van der Waals surface area contributed by atoms with E-state index in [1.807, 2.05) is 0 Å². The Morgan fingerprint density at radius 1 is 0.473 bits per heavy atom. The van der Waals surface area contributed by atoms with Crippen molar-refractivity contribution < 1.29 is 23.8 Å². The molecule has 1 aliphatic rings. The highest BCUT2D eigenvalue weighted by Crippen LogP contribution is 2.23. The van der Waals surface area contributed by atoms with Crippen LogP contribution in [0.5, 0.6) is 0 Å². The molecular formula is C49H95NO5. The van der Waals surface area contributed by atoms with Gasteiger partial charge in [-0.2, -0.15) is 0 Å². The highest BCUT2D eigenvalue weighted by atomic mass is 16.5. The summed E-state index contributed by atoms with van der Waals surface area (Å²) >= 11 is 0. The highest BCUT2D eigenvalue weighted by Gasteiger charge is 2.18. The van der Waals surface area contributed by atoms with Gasteiger partial charge in [-0.3, -0.25) is 9.59 Å². The van der Waals surface area contributed by atoms with E-state index in [-0.39, 0.29) is 11.9 Å². The first-order valence-electron chi connectivity index (χ1n) is 24.1. The molecule has 1 aliphatic heterocycles. The molecule has 0 aliphatic carbocycles. The van der Waals surface area contributed by atoms with Crippen LogP contribution in [-0.2, 0) is 23.8 Å². The average molecular weight is 778 g/mol. The zero-order chi connectivity index (χ0) is 40.5. The van der Waals surface area contributed by atoms with E-state index in [0.717, 1.165) is 58.2 Å². The molecule has 0 N–H and O–H groups in total. The van der Waals surface area contributed by atoms with Crippen molar-refractivity contribution in [1.29, 1.82) is 0 Å². The highest BCUT2D eigenvalue weighted by molar-refractivity contribution is 5.69. The van der Waals surface area contributed by atoms with Crippen molar-refractivity contribution in [3.05, 3.63) is 0 Å². The lowest BCUT2D eigenvalue weighted by molar-refractivity contribution is -0.146. The number of carbonyl (C=O) groups is 2. The molecule has 0 aromatic carbocycles. The molecule has 6 nitrogen and oxygen atoms in total. The normalized spacial score (nSPS) is 15.4. The Morgan fingerprint density at radius 2 is 0.873 bits per heavy atom. The van der Waals surface area contributed by atoms with Gasteiger partial charge in [-0.05, 0) is 112 Å². The van der Waals surface area contributed by atoms with E-state index in [1.165, 1.54) is 122 Å². The number of hydrogen-bond donors (Lipinski definition) is 0. The topological polar surface area (TPSA) is 65.1 Å². The number of esters is 2. The quantitative estimate of drug-likeness (QED) is 0.0459. The summed E-state index contributed by atoms with van der Waals surface area (Å²) in [6.45, 7) is 24.8. The van der Waals surface area contributed by atoms with Crippen LogP contribution < -0.4 is 0 Å². The van der Waals surface area contributed by atoms with Crippen molar-refractivity contribution in [2.75, 3.05) is 46.1 Å². The van der Waals surface area contributed by atoms with Crippen LogP contribution >= 0.6 is 0 Å². The van der Waals surface area contributed by atoms with Crippen molar-refractivity contribution in [2.45, 2.75) is 216 Å². The van der Waals surface area contributed by atoms with E-state index in [4.69, 9.17) is 14.2 Å². The lowest BCUT2D eigenvalue weighted by atomic mass is 9.89. The van der Waals surface area contributed by atoms with Crippen LogP contribution in [0.3, 0.4) is 0 Å². The number of nitrogens with zero attached hydrogens (tertiary/aromatic N) is 1. The molecule has 6 heteroatoms. The largest absolute Gasteiger partial charge is 0.465 e. The Balaban J connectivity index is 2.19. The van der Waals surface area contributed by atoms with Gasteiger partial charge in [-0.15, -0.1) is 0 Å². The van der Waals surface area contributed by atoms with Gasteiger partial charge in [-0.1, -0.05) is 145 Å². The van der Waals surface area contributed by atoms with Gasteiger partial charge in [0.2, 0.25) is 0 Å². The van der Waals surface area contributed by atoms with E-state index in [9.17, 15) is 9.59 Å². The molecule has 0 amide bonds. The zero-order valence-corrected chi connectivity index (χ0v) is 38.2. The lowest BCUT2D eigenvalue weighted by Crippen LogP contribution is -2.22. The minimum atomic E-state index is -0.00331. The van der Waals surface area contributed by atoms with Crippen molar-refractivity contribution in [3.8, 4) is 0 Å². The molecule has 1 fully saturated rings. The first-order chi connectivity index (χ1) is 26.5. The van der Waals surface area contributed by atoms with Crippen molar-refractivity contribution in [1.82, 2.24) is 4.90 Å². The van der Waals surface area contributed by atoms with Crippen molar-refractivity contribution >= 4 is 11.9 Å². The fourth-order valence-corrected chi connectivity index (χ4v) is 7.99. The maximum Gasteiger partial charge on any atom is 0.305 e. The summed E-state index contributed by atoms with van der Waals surface area (Å²) in [5.74, 6) is 4.16. The second-order valence-electron chi connectivity index (χ2n) is 19.2. The first kappa shape index (κ1) is 51.9. The van der Waals surface area contributed by atoms with E-state index in [0.29, 0.717) is 67.5 Å². The number of hydrogen-bond acceptors (Lipinski definition) is 6. The molecule has 0 radical (unpaired) electrons. The second-order valence-corrected chi connectivity index (χ2v) is 19.2. The monoisotopic (exact) mass is 778 g/mol. The van der Waals surface area contributed by atoms with Gasteiger partial charge in [0, 0.05) is 32.6 Å². The third-order valence-corrected chi connectivity index (χ3v) is 12.3. The van der Waals surface area contributed by atoms with Gasteiger partial charge in [-0.25, -0.2) is 0 Å². The van der Waals surface area contributed by atoms with Gasteiger partial charge in [0.05, 0.1) is 13.2 Å². The molecule has 1 rings (SSSR count). The average Bonchev–Trinajstić information content (AvgIpc) is 3.66. The molecule has 0 saturated carbocycles. The summed E-state index contributed by atoms with van der Waals surface area (Å²) in [6, 6.07) is 0. The van der Waals surface area contributed by atoms with Crippen LogP contribution in [0.25, 0.3) is 0 Å². The predicted octanol–water partition coefficient (Wildman–Crippen LogP) is 13.6. The Morgan fingerprint density at radius 3 is 1.27 bits per heavy atom. The van der Waals surface area contributed by atoms with E-state index >= 15 is 0 Å². The first-order valence-corrected chi connectivity index (χ1v) is 24.1. The zero-order valence-electron chi connectivity index (χ0n) is 38.2. The second kappa shape index (κ2) is 34.9. The lowest BCUT2D eigenvalue weighted by Gasteiger charge is -2.21. The number of rotatable bonds is 38. The molecule has 1 heterocycles. The number of carbonyl (C=O) groups excluding carboxylic acids is 2. The molecule has 55 heavy (non-hydrogen) atoms.